The van der Waals surface area contributed by atoms with E-state index in [1.807, 2.05) is 0 Å². The van der Waals surface area contributed by atoms with Crippen molar-refractivity contribution in [2.24, 2.45) is 5.73 Å². The zero-order chi connectivity index (χ0) is 14.5. The van der Waals surface area contributed by atoms with E-state index in [0.29, 0.717) is 5.56 Å². The van der Waals surface area contributed by atoms with Crippen molar-refractivity contribution in [2.45, 2.75) is 0 Å². The Morgan fingerprint density at radius 1 is 1.47 bits per heavy atom. The Morgan fingerprint density at radius 2 is 2.16 bits per heavy atom. The SMILES string of the molecule is CS(=O)(=O)CC(=O)Nc1ccc(C#CCN)cc1F. The molecular weight excluding hydrogens is 271 g/mol. The fourth-order valence-electron chi connectivity index (χ4n) is 1.27. The van der Waals surface area contributed by atoms with E-state index in [0.717, 1.165) is 12.3 Å². The summed E-state index contributed by atoms with van der Waals surface area (Å²) in [6.45, 7) is 0.161. The minimum Gasteiger partial charge on any atom is -0.323 e. The minimum absolute atomic E-state index is 0.0908. The number of anilines is 1. The van der Waals surface area contributed by atoms with Crippen LogP contribution in [0.3, 0.4) is 0 Å². The third-order valence-corrected chi connectivity index (χ3v) is 2.76. The molecule has 0 aliphatic rings. The molecule has 0 aliphatic carbocycles. The zero-order valence-electron chi connectivity index (χ0n) is 10.2. The number of carbonyl (C=O) groups excluding carboxylic acids is 1. The largest absolute Gasteiger partial charge is 0.323 e. The van der Waals surface area contributed by atoms with Gasteiger partial charge in [-0.2, -0.15) is 0 Å². The van der Waals surface area contributed by atoms with E-state index in [2.05, 4.69) is 17.2 Å². The second-order valence-corrected chi connectivity index (χ2v) is 5.96. The predicted octanol–water partition coefficient (Wildman–Crippen LogP) is 0.119. The van der Waals surface area contributed by atoms with E-state index in [1.54, 1.807) is 0 Å². The Kier molecular flexibility index (Phi) is 5.03. The lowest BCUT2D eigenvalue weighted by Gasteiger charge is -2.05. The molecule has 0 saturated carbocycles. The van der Waals surface area contributed by atoms with Crippen molar-refractivity contribution < 1.29 is 17.6 Å². The van der Waals surface area contributed by atoms with Crippen molar-refractivity contribution in [1.82, 2.24) is 0 Å². The summed E-state index contributed by atoms with van der Waals surface area (Å²) in [7, 11) is -3.45. The molecule has 0 fully saturated rings. The molecule has 0 atom stereocenters. The number of nitrogens with one attached hydrogen (secondary N) is 1. The molecule has 0 spiro atoms. The van der Waals surface area contributed by atoms with Gasteiger partial charge in [-0.3, -0.25) is 4.79 Å². The Balaban J connectivity index is 2.83. The van der Waals surface area contributed by atoms with Gasteiger partial charge in [0.2, 0.25) is 5.91 Å². The molecule has 5 nitrogen and oxygen atoms in total. The molecule has 1 rings (SSSR count). The maximum Gasteiger partial charge on any atom is 0.239 e. The lowest BCUT2D eigenvalue weighted by molar-refractivity contribution is -0.113. The number of amides is 1. The predicted molar refractivity (Wildman–Crippen MR) is 70.7 cm³/mol. The van der Waals surface area contributed by atoms with Crippen LogP contribution in [0, 0.1) is 17.7 Å². The van der Waals surface area contributed by atoms with Crippen LogP contribution in [0.1, 0.15) is 5.56 Å². The molecule has 1 aromatic carbocycles. The van der Waals surface area contributed by atoms with E-state index in [9.17, 15) is 17.6 Å². The Labute approximate surface area is 110 Å². The minimum atomic E-state index is -3.45. The highest BCUT2D eigenvalue weighted by molar-refractivity contribution is 7.91. The molecular formula is C12H13FN2O3S. The lowest BCUT2D eigenvalue weighted by atomic mass is 10.2. The Morgan fingerprint density at radius 3 is 2.68 bits per heavy atom. The standard InChI is InChI=1S/C12H13FN2O3S/c1-19(17,18)8-12(16)15-11-5-4-9(3-2-6-14)7-10(11)13/h4-5,7H,6,8,14H2,1H3,(H,15,16). The normalized spacial score (nSPS) is 10.5. The maximum absolute atomic E-state index is 13.6. The second-order valence-electron chi connectivity index (χ2n) is 3.82. The monoisotopic (exact) mass is 284 g/mol. The Bertz CT molecular complexity index is 645. The molecule has 102 valence electrons. The first-order valence-corrected chi connectivity index (χ1v) is 7.34. The summed E-state index contributed by atoms with van der Waals surface area (Å²) in [5.41, 5.74) is 5.52. The van der Waals surface area contributed by atoms with Crippen molar-refractivity contribution in [3.05, 3.63) is 29.6 Å². The maximum atomic E-state index is 13.6. The van der Waals surface area contributed by atoms with Crippen LogP contribution in [0.5, 0.6) is 0 Å². The van der Waals surface area contributed by atoms with Crippen molar-refractivity contribution in [3.8, 4) is 11.8 Å². The van der Waals surface area contributed by atoms with Crippen LogP contribution in [-0.4, -0.2) is 32.9 Å². The van der Waals surface area contributed by atoms with Gasteiger partial charge in [-0.15, -0.1) is 0 Å². The van der Waals surface area contributed by atoms with Crippen molar-refractivity contribution in [2.75, 3.05) is 23.9 Å². The molecule has 0 radical (unpaired) electrons. The highest BCUT2D eigenvalue weighted by Gasteiger charge is 2.13. The van der Waals surface area contributed by atoms with E-state index >= 15 is 0 Å². The second kappa shape index (κ2) is 6.31. The first-order chi connectivity index (χ1) is 8.81. The molecule has 0 saturated heterocycles. The smallest absolute Gasteiger partial charge is 0.239 e. The molecule has 0 aromatic heterocycles. The van der Waals surface area contributed by atoms with E-state index in [4.69, 9.17) is 5.73 Å². The highest BCUT2D eigenvalue weighted by Crippen LogP contribution is 2.15. The van der Waals surface area contributed by atoms with E-state index in [-0.39, 0.29) is 12.2 Å². The fraction of sp³-hybridized carbons (Fsp3) is 0.250. The van der Waals surface area contributed by atoms with Crippen LogP contribution in [0.25, 0.3) is 0 Å². The van der Waals surface area contributed by atoms with E-state index in [1.165, 1.54) is 12.1 Å². The number of benzene rings is 1. The summed E-state index contributed by atoms with van der Waals surface area (Å²) in [5, 5.41) is 2.18. The van der Waals surface area contributed by atoms with Gasteiger partial charge in [0.05, 0.1) is 12.2 Å². The third-order valence-electron chi connectivity index (χ3n) is 1.97. The summed E-state index contributed by atoms with van der Waals surface area (Å²) < 4.78 is 35.4. The van der Waals surface area contributed by atoms with Gasteiger partial charge in [0, 0.05) is 11.8 Å². The van der Waals surface area contributed by atoms with Crippen LogP contribution in [-0.2, 0) is 14.6 Å². The van der Waals surface area contributed by atoms with Crippen molar-refractivity contribution in [1.29, 1.82) is 0 Å². The van der Waals surface area contributed by atoms with Gasteiger partial charge >= 0.3 is 0 Å². The molecule has 7 heteroatoms. The summed E-state index contributed by atoms with van der Waals surface area (Å²) in [6, 6.07) is 3.95. The molecule has 1 amide bonds. The van der Waals surface area contributed by atoms with Crippen LogP contribution in [0.15, 0.2) is 18.2 Å². The van der Waals surface area contributed by atoms with Gasteiger partial charge in [-0.1, -0.05) is 11.8 Å². The number of rotatable bonds is 3. The summed E-state index contributed by atoms with van der Waals surface area (Å²) in [5.74, 6) is 3.04. The lowest BCUT2D eigenvalue weighted by Crippen LogP contribution is -2.22. The molecule has 0 bridgehead atoms. The quantitative estimate of drug-likeness (QED) is 0.771. The number of halogens is 1. The average molecular weight is 284 g/mol. The highest BCUT2D eigenvalue weighted by atomic mass is 32.2. The first kappa shape index (κ1) is 15.1. The van der Waals surface area contributed by atoms with Gasteiger partial charge in [0.25, 0.3) is 0 Å². The number of hydrogen-bond donors (Lipinski definition) is 2. The number of sulfone groups is 1. The van der Waals surface area contributed by atoms with Gasteiger partial charge in [-0.05, 0) is 18.2 Å². The van der Waals surface area contributed by atoms with Crippen molar-refractivity contribution >= 4 is 21.4 Å². The van der Waals surface area contributed by atoms with Gasteiger partial charge < -0.3 is 11.1 Å². The number of carbonyl (C=O) groups is 1. The molecule has 0 unspecified atom stereocenters. The fourth-order valence-corrected chi connectivity index (χ4v) is 1.82. The Hall–Kier alpha value is -1.91. The molecule has 0 heterocycles. The van der Waals surface area contributed by atoms with Crippen LogP contribution < -0.4 is 11.1 Å². The topological polar surface area (TPSA) is 89.3 Å². The molecule has 1 aromatic rings. The number of hydrogen-bond acceptors (Lipinski definition) is 4. The zero-order valence-corrected chi connectivity index (χ0v) is 11.1. The molecule has 19 heavy (non-hydrogen) atoms. The average Bonchev–Trinajstić information content (AvgIpc) is 2.27. The van der Waals surface area contributed by atoms with E-state index < -0.39 is 27.3 Å². The van der Waals surface area contributed by atoms with Crippen LogP contribution in [0.2, 0.25) is 0 Å². The summed E-state index contributed by atoms with van der Waals surface area (Å²) in [6.07, 6.45) is 0.925. The first-order valence-electron chi connectivity index (χ1n) is 5.28. The molecule has 0 aliphatic heterocycles. The van der Waals surface area contributed by atoms with Gasteiger partial charge in [0.15, 0.2) is 9.84 Å². The summed E-state index contributed by atoms with van der Waals surface area (Å²) >= 11 is 0. The molecule has 3 N–H and O–H groups in total. The van der Waals surface area contributed by atoms with Gasteiger partial charge in [0.1, 0.15) is 11.6 Å². The third kappa shape index (κ3) is 5.50. The van der Waals surface area contributed by atoms with Gasteiger partial charge in [-0.25, -0.2) is 12.8 Å². The summed E-state index contributed by atoms with van der Waals surface area (Å²) in [4.78, 5) is 11.3. The number of nitrogens with two attached hydrogens (primary N) is 1. The van der Waals surface area contributed by atoms with Crippen LogP contribution >= 0.6 is 0 Å². The van der Waals surface area contributed by atoms with Crippen molar-refractivity contribution in [3.63, 3.8) is 0 Å². The van der Waals surface area contributed by atoms with Crippen LogP contribution in [0.4, 0.5) is 10.1 Å².